The standard InChI is InChI=1S/C13H25N3O4S2/c1-8(13(19)20)15-12(18)10(5-7-22-3)16-11(17)9(14)4-6-21-2/h8-10H,4-7,14H2,1-3H3,(H,15,18)(H,16,17)(H,19,20)/t8-,9-,10+/m1/s1. The van der Waals surface area contributed by atoms with Gasteiger partial charge in [-0.1, -0.05) is 0 Å². The molecule has 0 rings (SSSR count). The number of hydrogen-bond acceptors (Lipinski definition) is 6. The Morgan fingerprint density at radius 1 is 1.05 bits per heavy atom. The minimum absolute atomic E-state index is 0.390. The van der Waals surface area contributed by atoms with E-state index < -0.39 is 35.9 Å². The first-order valence-electron chi connectivity index (χ1n) is 6.90. The molecule has 0 spiro atoms. The van der Waals surface area contributed by atoms with Crippen LogP contribution in [0, 0.1) is 0 Å². The van der Waals surface area contributed by atoms with Crippen molar-refractivity contribution in [1.82, 2.24) is 10.6 Å². The molecular formula is C13H25N3O4S2. The number of aliphatic carboxylic acids is 1. The molecule has 3 atom stereocenters. The van der Waals surface area contributed by atoms with Crippen LogP contribution in [0.1, 0.15) is 19.8 Å². The lowest BCUT2D eigenvalue weighted by molar-refractivity contribution is -0.141. The van der Waals surface area contributed by atoms with E-state index in [9.17, 15) is 14.4 Å². The van der Waals surface area contributed by atoms with Gasteiger partial charge >= 0.3 is 5.97 Å². The molecule has 22 heavy (non-hydrogen) atoms. The Kier molecular flexibility index (Phi) is 11.1. The Balaban J connectivity index is 4.64. The van der Waals surface area contributed by atoms with Gasteiger partial charge in [-0.15, -0.1) is 0 Å². The minimum atomic E-state index is -1.13. The Morgan fingerprint density at radius 3 is 2.09 bits per heavy atom. The number of rotatable bonds is 11. The van der Waals surface area contributed by atoms with Crippen LogP contribution in [0.4, 0.5) is 0 Å². The second kappa shape index (κ2) is 11.6. The highest BCUT2D eigenvalue weighted by Gasteiger charge is 2.25. The molecule has 7 nitrogen and oxygen atoms in total. The average Bonchev–Trinajstić information content (AvgIpc) is 2.48. The van der Waals surface area contributed by atoms with Gasteiger partial charge in [0.05, 0.1) is 6.04 Å². The van der Waals surface area contributed by atoms with Crippen LogP contribution in [0.3, 0.4) is 0 Å². The van der Waals surface area contributed by atoms with E-state index in [1.54, 1.807) is 11.8 Å². The second-order valence-corrected chi connectivity index (χ2v) is 6.77. The van der Waals surface area contributed by atoms with Gasteiger partial charge < -0.3 is 21.5 Å². The molecule has 0 heterocycles. The Hall–Kier alpha value is -0.930. The molecule has 0 aliphatic carbocycles. The SMILES string of the molecule is CSCC[C@@H](N)C(=O)N[C@@H](CCSC)C(=O)N[C@H](C)C(=O)O. The average molecular weight is 351 g/mol. The molecule has 0 aliphatic heterocycles. The van der Waals surface area contributed by atoms with Gasteiger partial charge in [-0.05, 0) is 43.8 Å². The predicted molar refractivity (Wildman–Crippen MR) is 91.1 cm³/mol. The summed E-state index contributed by atoms with van der Waals surface area (Å²) in [5, 5.41) is 13.8. The van der Waals surface area contributed by atoms with E-state index in [4.69, 9.17) is 10.8 Å². The van der Waals surface area contributed by atoms with Gasteiger partial charge in [0.25, 0.3) is 0 Å². The van der Waals surface area contributed by atoms with Crippen molar-refractivity contribution < 1.29 is 19.5 Å². The van der Waals surface area contributed by atoms with Gasteiger partial charge in [-0.3, -0.25) is 14.4 Å². The zero-order chi connectivity index (χ0) is 17.1. The van der Waals surface area contributed by atoms with Crippen LogP contribution in [0.25, 0.3) is 0 Å². The third kappa shape index (κ3) is 8.50. The lowest BCUT2D eigenvalue weighted by Gasteiger charge is -2.21. The fourth-order valence-corrected chi connectivity index (χ4v) is 2.50. The van der Waals surface area contributed by atoms with E-state index in [-0.39, 0.29) is 0 Å². The largest absolute Gasteiger partial charge is 0.480 e. The van der Waals surface area contributed by atoms with Crippen LogP contribution in [0.5, 0.6) is 0 Å². The van der Waals surface area contributed by atoms with Gasteiger partial charge in [0.1, 0.15) is 12.1 Å². The van der Waals surface area contributed by atoms with Crippen molar-refractivity contribution in [2.75, 3.05) is 24.0 Å². The van der Waals surface area contributed by atoms with Crippen LogP contribution >= 0.6 is 23.5 Å². The maximum absolute atomic E-state index is 12.1. The zero-order valence-electron chi connectivity index (χ0n) is 13.1. The number of carbonyl (C=O) groups excluding carboxylic acids is 2. The first-order chi connectivity index (χ1) is 10.3. The molecule has 0 aliphatic rings. The molecule has 0 aromatic carbocycles. The van der Waals surface area contributed by atoms with Crippen molar-refractivity contribution in [3.8, 4) is 0 Å². The van der Waals surface area contributed by atoms with Gasteiger partial charge in [0.15, 0.2) is 0 Å². The quantitative estimate of drug-likeness (QED) is 0.410. The summed E-state index contributed by atoms with van der Waals surface area (Å²) in [6, 6.07) is -2.46. The summed E-state index contributed by atoms with van der Waals surface area (Å²) in [5.41, 5.74) is 5.77. The molecule has 5 N–H and O–H groups in total. The van der Waals surface area contributed by atoms with Crippen molar-refractivity contribution in [2.45, 2.75) is 37.9 Å². The minimum Gasteiger partial charge on any atom is -0.480 e. The molecule has 9 heteroatoms. The van der Waals surface area contributed by atoms with Crippen LogP contribution in [0.2, 0.25) is 0 Å². The number of nitrogens with one attached hydrogen (secondary N) is 2. The van der Waals surface area contributed by atoms with E-state index in [1.807, 2.05) is 12.5 Å². The number of thioether (sulfide) groups is 2. The van der Waals surface area contributed by atoms with Crippen LogP contribution in [0.15, 0.2) is 0 Å². The highest BCUT2D eigenvalue weighted by Crippen LogP contribution is 2.04. The second-order valence-electron chi connectivity index (χ2n) is 4.80. The first kappa shape index (κ1) is 21.1. The van der Waals surface area contributed by atoms with Crippen LogP contribution < -0.4 is 16.4 Å². The monoisotopic (exact) mass is 351 g/mol. The van der Waals surface area contributed by atoms with Crippen molar-refractivity contribution in [2.24, 2.45) is 5.73 Å². The molecule has 0 unspecified atom stereocenters. The Morgan fingerprint density at radius 2 is 1.59 bits per heavy atom. The van der Waals surface area contributed by atoms with E-state index in [0.717, 1.165) is 5.75 Å². The maximum atomic E-state index is 12.1. The van der Waals surface area contributed by atoms with Crippen LogP contribution in [-0.4, -0.2) is 65.0 Å². The van der Waals surface area contributed by atoms with Crippen molar-refractivity contribution in [3.63, 3.8) is 0 Å². The first-order valence-corrected chi connectivity index (χ1v) is 9.69. The number of carboxylic acid groups (broad SMARTS) is 1. The Bertz CT molecular complexity index is 382. The van der Waals surface area contributed by atoms with Crippen molar-refractivity contribution in [1.29, 1.82) is 0 Å². The van der Waals surface area contributed by atoms with Gasteiger partial charge in [-0.2, -0.15) is 23.5 Å². The Labute approximate surface area is 139 Å². The van der Waals surface area contributed by atoms with Crippen LogP contribution in [-0.2, 0) is 14.4 Å². The van der Waals surface area contributed by atoms with E-state index in [0.29, 0.717) is 18.6 Å². The third-order valence-electron chi connectivity index (χ3n) is 2.94. The van der Waals surface area contributed by atoms with Crippen molar-refractivity contribution in [3.05, 3.63) is 0 Å². The third-order valence-corrected chi connectivity index (χ3v) is 4.23. The van der Waals surface area contributed by atoms with E-state index >= 15 is 0 Å². The molecule has 0 radical (unpaired) electrons. The van der Waals surface area contributed by atoms with Gasteiger partial charge in [-0.25, -0.2) is 0 Å². The smallest absolute Gasteiger partial charge is 0.325 e. The fraction of sp³-hybridized carbons (Fsp3) is 0.769. The lowest BCUT2D eigenvalue weighted by atomic mass is 10.1. The topological polar surface area (TPSA) is 122 Å². The number of carboxylic acids is 1. The van der Waals surface area contributed by atoms with Gasteiger partial charge in [0.2, 0.25) is 11.8 Å². The molecule has 0 saturated carbocycles. The zero-order valence-corrected chi connectivity index (χ0v) is 14.8. The molecule has 0 fully saturated rings. The summed E-state index contributed by atoms with van der Waals surface area (Å²) in [4.78, 5) is 34.9. The molecule has 2 amide bonds. The lowest BCUT2D eigenvalue weighted by Crippen LogP contribution is -2.54. The summed E-state index contributed by atoms with van der Waals surface area (Å²) >= 11 is 3.13. The highest BCUT2D eigenvalue weighted by atomic mass is 32.2. The molecule has 0 aromatic heterocycles. The van der Waals surface area contributed by atoms with E-state index in [2.05, 4.69) is 10.6 Å². The van der Waals surface area contributed by atoms with Gasteiger partial charge in [0, 0.05) is 0 Å². The maximum Gasteiger partial charge on any atom is 0.325 e. The molecular weight excluding hydrogens is 326 g/mol. The number of hydrogen-bond donors (Lipinski definition) is 4. The molecule has 0 saturated heterocycles. The number of carbonyl (C=O) groups is 3. The molecule has 128 valence electrons. The van der Waals surface area contributed by atoms with Crippen molar-refractivity contribution >= 4 is 41.3 Å². The fourth-order valence-electron chi connectivity index (χ4n) is 1.53. The summed E-state index contributed by atoms with van der Waals surface area (Å²) in [7, 11) is 0. The molecule has 0 aromatic rings. The number of amides is 2. The summed E-state index contributed by atoms with van der Waals surface area (Å²) in [6.07, 6.45) is 4.75. The highest BCUT2D eigenvalue weighted by molar-refractivity contribution is 7.98. The number of nitrogens with two attached hydrogens (primary N) is 1. The summed E-state index contributed by atoms with van der Waals surface area (Å²) < 4.78 is 0. The van der Waals surface area contributed by atoms with E-state index in [1.165, 1.54) is 18.7 Å². The predicted octanol–water partition coefficient (Wildman–Crippen LogP) is -0.106. The summed E-state index contributed by atoms with van der Waals surface area (Å²) in [5.74, 6) is -0.598. The normalized spacial score (nSPS) is 14.7. The molecule has 0 bridgehead atoms. The summed E-state index contributed by atoms with van der Waals surface area (Å²) in [6.45, 7) is 1.37.